The minimum absolute atomic E-state index is 0.0711. The molecule has 0 spiro atoms. The number of amides is 1. The maximum Gasteiger partial charge on any atom is 0.451 e. The second kappa shape index (κ2) is 10.5. The molecule has 4 rings (SSSR count). The van der Waals surface area contributed by atoms with E-state index in [4.69, 9.17) is 11.6 Å². The molecule has 1 amide bonds. The molecule has 1 saturated heterocycles. The van der Waals surface area contributed by atoms with E-state index in [9.17, 15) is 35.2 Å². The lowest BCUT2D eigenvalue weighted by Gasteiger charge is -2.26. The van der Waals surface area contributed by atoms with Crippen LogP contribution in [0.25, 0.3) is 11.3 Å². The molecule has 1 N–H and O–H groups in total. The number of nitrogens with zero attached hydrogens (tertiary/aromatic N) is 5. The van der Waals surface area contributed by atoms with Crippen molar-refractivity contribution < 1.29 is 35.2 Å². The first-order chi connectivity index (χ1) is 17.8. The zero-order valence-electron chi connectivity index (χ0n) is 19.3. The van der Waals surface area contributed by atoms with Crippen molar-refractivity contribution in [1.82, 2.24) is 29.6 Å². The van der Waals surface area contributed by atoms with E-state index in [1.54, 1.807) is 0 Å². The Balaban J connectivity index is 1.53. The molecule has 1 aliphatic rings. The van der Waals surface area contributed by atoms with Gasteiger partial charge in [-0.15, -0.1) is 0 Å². The lowest BCUT2D eigenvalue weighted by Crippen LogP contribution is -2.48. The smallest absolute Gasteiger partial charge is 0.349 e. The maximum atomic E-state index is 14.6. The zero-order chi connectivity index (χ0) is 27.8. The Morgan fingerprint density at radius 1 is 1.16 bits per heavy atom. The Kier molecular flexibility index (Phi) is 7.63. The highest BCUT2D eigenvalue weighted by Gasteiger charge is 2.49. The highest BCUT2D eigenvalue weighted by atomic mass is 35.5. The summed E-state index contributed by atoms with van der Waals surface area (Å²) in [5, 5.41) is 2.19. The average Bonchev–Trinajstić information content (AvgIpc) is 3.17. The molecule has 3 heterocycles. The molecule has 16 heteroatoms. The second-order valence-corrected chi connectivity index (χ2v) is 10.5. The van der Waals surface area contributed by atoms with E-state index in [2.05, 4.69) is 25.3 Å². The lowest BCUT2D eigenvalue weighted by molar-refractivity contribution is -0.145. The molecule has 202 valence electrons. The van der Waals surface area contributed by atoms with Crippen molar-refractivity contribution in [3.63, 3.8) is 0 Å². The molecule has 38 heavy (non-hydrogen) atoms. The van der Waals surface area contributed by atoms with Crippen LogP contribution < -0.4 is 5.32 Å². The van der Waals surface area contributed by atoms with E-state index >= 15 is 0 Å². The number of halogens is 6. The first kappa shape index (κ1) is 27.7. The normalized spacial score (nSPS) is 20.4. The van der Waals surface area contributed by atoms with E-state index in [0.717, 1.165) is 41.0 Å². The number of hydrogen-bond donors (Lipinski definition) is 1. The van der Waals surface area contributed by atoms with E-state index < -0.39 is 58.4 Å². The number of sulfonamides is 1. The standard InChI is InChI=1S/C22H18ClF5N6O3S/c1-11-16(25)7-18(34(11)38(36,37)15-4-2-13(24)3-5-15)19(35)29-10-14-6-17(33-21(23)32-14)12-8-30-20(31-9-12)22(26,27)28/h2-6,8-9,11,16,18H,7,10H2,1H3,(H,29,35)/t11-,16+,18-/m0/s1. The van der Waals surface area contributed by atoms with Crippen molar-refractivity contribution in [3.8, 4) is 11.3 Å². The van der Waals surface area contributed by atoms with Gasteiger partial charge in [0.25, 0.3) is 0 Å². The van der Waals surface area contributed by atoms with Gasteiger partial charge in [-0.1, -0.05) is 0 Å². The molecule has 1 aromatic carbocycles. The highest BCUT2D eigenvalue weighted by molar-refractivity contribution is 7.89. The molecule has 2 aromatic heterocycles. The monoisotopic (exact) mass is 576 g/mol. The van der Waals surface area contributed by atoms with Crippen LogP contribution >= 0.6 is 11.6 Å². The minimum Gasteiger partial charge on any atom is -0.349 e. The van der Waals surface area contributed by atoms with Gasteiger partial charge in [0.05, 0.1) is 28.9 Å². The number of rotatable bonds is 6. The molecule has 0 saturated carbocycles. The van der Waals surface area contributed by atoms with Gasteiger partial charge >= 0.3 is 6.18 Å². The molecule has 9 nitrogen and oxygen atoms in total. The van der Waals surface area contributed by atoms with Crippen molar-refractivity contribution in [3.05, 3.63) is 65.3 Å². The average molecular weight is 577 g/mol. The van der Waals surface area contributed by atoms with E-state index in [0.29, 0.717) is 0 Å². The molecule has 0 unspecified atom stereocenters. The molecule has 0 aliphatic carbocycles. The molecular weight excluding hydrogens is 559 g/mol. The van der Waals surface area contributed by atoms with Crippen molar-refractivity contribution in [1.29, 1.82) is 0 Å². The van der Waals surface area contributed by atoms with Crippen molar-refractivity contribution in [2.45, 2.75) is 49.2 Å². The fourth-order valence-corrected chi connectivity index (χ4v) is 5.91. The highest BCUT2D eigenvalue weighted by Crippen LogP contribution is 2.33. The lowest BCUT2D eigenvalue weighted by atomic mass is 10.1. The fourth-order valence-electron chi connectivity index (χ4n) is 3.90. The summed E-state index contributed by atoms with van der Waals surface area (Å²) >= 11 is 5.93. The SMILES string of the molecule is C[C@H]1[C@H](F)C[C@@H](C(=O)NCc2cc(-c3cnc(C(F)(F)F)nc3)nc(Cl)n2)N1S(=O)(=O)c1ccc(F)cc1. The quantitative estimate of drug-likeness (QED) is 0.352. The van der Waals surface area contributed by atoms with Crippen molar-refractivity contribution in [2.75, 3.05) is 0 Å². The van der Waals surface area contributed by atoms with Gasteiger partial charge in [0.1, 0.15) is 18.0 Å². The van der Waals surface area contributed by atoms with Crippen LogP contribution in [0.4, 0.5) is 22.0 Å². The zero-order valence-corrected chi connectivity index (χ0v) is 20.9. The van der Waals surface area contributed by atoms with Crippen molar-refractivity contribution >= 4 is 27.5 Å². The van der Waals surface area contributed by atoms with Crippen LogP contribution in [0.2, 0.25) is 5.28 Å². The van der Waals surface area contributed by atoms with Crippen LogP contribution in [0.15, 0.2) is 47.6 Å². The first-order valence-corrected chi connectivity index (χ1v) is 12.7. The molecule has 0 radical (unpaired) electrons. The van der Waals surface area contributed by atoms with Crippen LogP contribution in [0.1, 0.15) is 24.9 Å². The largest absolute Gasteiger partial charge is 0.451 e. The summed E-state index contributed by atoms with van der Waals surface area (Å²) in [6, 6.07) is 2.67. The molecule has 3 atom stereocenters. The molecule has 0 bridgehead atoms. The molecular formula is C22H18ClF5N6O3S. The topological polar surface area (TPSA) is 118 Å². The fraction of sp³-hybridized carbons (Fsp3) is 0.318. The van der Waals surface area contributed by atoms with Crippen molar-refractivity contribution in [2.24, 2.45) is 0 Å². The van der Waals surface area contributed by atoms with Crippen LogP contribution in [0.5, 0.6) is 0 Å². The number of aromatic nitrogens is 4. The third-order valence-corrected chi connectivity index (χ3v) is 7.95. The van der Waals surface area contributed by atoms with Crippen LogP contribution in [0.3, 0.4) is 0 Å². The van der Waals surface area contributed by atoms with Crippen LogP contribution in [0, 0.1) is 5.82 Å². The van der Waals surface area contributed by atoms with E-state index in [1.807, 2.05) is 0 Å². The van der Waals surface area contributed by atoms with Crippen LogP contribution in [-0.2, 0) is 27.5 Å². The molecule has 1 aliphatic heterocycles. The molecule has 1 fully saturated rings. The van der Waals surface area contributed by atoms with Crippen LogP contribution in [-0.4, -0.2) is 56.8 Å². The van der Waals surface area contributed by atoms with Gasteiger partial charge in [-0.2, -0.15) is 17.5 Å². The summed E-state index contributed by atoms with van der Waals surface area (Å²) in [4.78, 5) is 27.1. The van der Waals surface area contributed by atoms with E-state index in [-0.39, 0.29) is 33.7 Å². The predicted molar refractivity (Wildman–Crippen MR) is 123 cm³/mol. The molecule has 3 aromatic rings. The third kappa shape index (κ3) is 5.73. The third-order valence-electron chi connectivity index (χ3n) is 5.77. The summed E-state index contributed by atoms with van der Waals surface area (Å²) < 4.78 is 93.1. The van der Waals surface area contributed by atoms with Gasteiger partial charge in [-0.3, -0.25) is 4.79 Å². The number of carbonyl (C=O) groups is 1. The Labute approximate surface area is 218 Å². The number of hydrogen-bond acceptors (Lipinski definition) is 7. The predicted octanol–water partition coefficient (Wildman–Crippen LogP) is 3.55. The van der Waals surface area contributed by atoms with Gasteiger partial charge in [0.2, 0.25) is 27.0 Å². The second-order valence-electron chi connectivity index (χ2n) is 8.32. The summed E-state index contributed by atoms with van der Waals surface area (Å²) in [6.07, 6.45) is -4.98. The first-order valence-electron chi connectivity index (χ1n) is 10.9. The Morgan fingerprint density at radius 3 is 2.39 bits per heavy atom. The Bertz CT molecular complexity index is 1440. The Morgan fingerprint density at radius 2 is 1.79 bits per heavy atom. The number of alkyl halides is 4. The minimum atomic E-state index is -4.73. The van der Waals surface area contributed by atoms with Gasteiger partial charge in [0, 0.05) is 24.4 Å². The van der Waals surface area contributed by atoms with E-state index in [1.165, 1.54) is 13.0 Å². The number of nitrogens with one attached hydrogen (secondary N) is 1. The Hall–Kier alpha value is -3.30. The van der Waals surface area contributed by atoms with Gasteiger partial charge in [0.15, 0.2) is 0 Å². The van der Waals surface area contributed by atoms with Gasteiger partial charge in [-0.05, 0) is 48.9 Å². The van der Waals surface area contributed by atoms with Gasteiger partial charge < -0.3 is 5.32 Å². The maximum absolute atomic E-state index is 14.6. The summed E-state index contributed by atoms with van der Waals surface area (Å²) in [6.45, 7) is 1.03. The summed E-state index contributed by atoms with van der Waals surface area (Å²) in [7, 11) is -4.35. The van der Waals surface area contributed by atoms with Gasteiger partial charge in [-0.25, -0.2) is 37.1 Å². The summed E-state index contributed by atoms with van der Waals surface area (Å²) in [5.41, 5.74) is 0.294. The summed E-state index contributed by atoms with van der Waals surface area (Å²) in [5.74, 6) is -2.83. The number of carbonyl (C=O) groups excluding carboxylic acids is 1. The number of benzene rings is 1.